The van der Waals surface area contributed by atoms with Crippen LogP contribution < -0.4 is 5.32 Å². The van der Waals surface area contributed by atoms with Crippen LogP contribution in [0.4, 0.5) is 5.82 Å². The molecule has 1 heterocycles. The van der Waals surface area contributed by atoms with Crippen LogP contribution in [0, 0.1) is 6.92 Å². The molecule has 0 aliphatic rings. The summed E-state index contributed by atoms with van der Waals surface area (Å²) in [4.78, 5) is 22.2. The van der Waals surface area contributed by atoms with Gasteiger partial charge in [-0.05, 0) is 12.5 Å². The second-order valence-electron chi connectivity index (χ2n) is 4.32. The van der Waals surface area contributed by atoms with Crippen LogP contribution in [0.3, 0.4) is 0 Å². The minimum Gasteiger partial charge on any atom is -0.303 e. The fraction of sp³-hybridized carbons (Fsp3) is 0.214. The number of aromatic nitrogens is 2. The van der Waals surface area contributed by atoms with Gasteiger partial charge in [-0.1, -0.05) is 30.3 Å². The summed E-state index contributed by atoms with van der Waals surface area (Å²) in [6.07, 6.45) is 0. The molecule has 5 nitrogen and oxygen atoms in total. The second kappa shape index (κ2) is 5.48. The third-order valence-electron chi connectivity index (χ3n) is 2.72. The molecule has 1 aromatic heterocycles. The Balaban J connectivity index is 2.13. The number of aryl methyl sites for hydroxylation is 1. The third-order valence-corrected chi connectivity index (χ3v) is 2.72. The third kappa shape index (κ3) is 3.28. The molecule has 1 amide bonds. The van der Waals surface area contributed by atoms with Gasteiger partial charge >= 0.3 is 0 Å². The second-order valence-corrected chi connectivity index (χ2v) is 4.32. The molecule has 1 aromatic carbocycles. The first-order valence-electron chi connectivity index (χ1n) is 5.96. The lowest BCUT2D eigenvalue weighted by Gasteiger charge is -2.03. The standard InChI is InChI=1S/C14H15N3O2/c1-10-8-13(15-14(19)11(2)18)16-17(10)9-12-6-4-3-5-7-12/h3-8H,9H2,1-2H3,(H,15,16,19). The topological polar surface area (TPSA) is 64.0 Å². The number of anilines is 1. The maximum Gasteiger partial charge on any atom is 0.292 e. The van der Waals surface area contributed by atoms with Gasteiger partial charge in [0.05, 0.1) is 6.54 Å². The van der Waals surface area contributed by atoms with Gasteiger partial charge < -0.3 is 5.32 Å². The van der Waals surface area contributed by atoms with Gasteiger partial charge in [0.1, 0.15) is 0 Å². The summed E-state index contributed by atoms with van der Waals surface area (Å²) >= 11 is 0. The van der Waals surface area contributed by atoms with Crippen LogP contribution in [0.1, 0.15) is 18.2 Å². The lowest BCUT2D eigenvalue weighted by molar-refractivity contribution is -0.133. The minimum absolute atomic E-state index is 0.397. The molecular weight excluding hydrogens is 242 g/mol. The van der Waals surface area contributed by atoms with Crippen molar-refractivity contribution in [2.75, 3.05) is 5.32 Å². The minimum atomic E-state index is -0.649. The molecule has 19 heavy (non-hydrogen) atoms. The number of hydrogen-bond donors (Lipinski definition) is 1. The van der Waals surface area contributed by atoms with E-state index in [0.717, 1.165) is 11.3 Å². The highest BCUT2D eigenvalue weighted by molar-refractivity contribution is 6.39. The molecule has 98 valence electrons. The summed E-state index contributed by atoms with van der Waals surface area (Å²) in [5, 5.41) is 6.73. The van der Waals surface area contributed by atoms with E-state index in [9.17, 15) is 9.59 Å². The normalized spacial score (nSPS) is 10.2. The molecule has 0 aliphatic carbocycles. The molecule has 0 fully saturated rings. The number of carbonyl (C=O) groups excluding carboxylic acids is 2. The fourth-order valence-corrected chi connectivity index (χ4v) is 1.69. The van der Waals surface area contributed by atoms with E-state index in [4.69, 9.17) is 0 Å². The van der Waals surface area contributed by atoms with E-state index in [1.54, 1.807) is 10.7 Å². The average molecular weight is 257 g/mol. The molecule has 0 spiro atoms. The summed E-state index contributed by atoms with van der Waals surface area (Å²) < 4.78 is 1.78. The van der Waals surface area contributed by atoms with Gasteiger partial charge in [0.2, 0.25) is 5.78 Å². The summed E-state index contributed by atoms with van der Waals surface area (Å²) in [5.74, 6) is -0.784. The first-order chi connectivity index (χ1) is 9.06. The molecule has 0 bridgehead atoms. The molecule has 0 saturated carbocycles. The Morgan fingerprint density at radius 3 is 2.58 bits per heavy atom. The maximum absolute atomic E-state index is 11.3. The highest BCUT2D eigenvalue weighted by Crippen LogP contribution is 2.11. The first-order valence-corrected chi connectivity index (χ1v) is 5.96. The quantitative estimate of drug-likeness (QED) is 0.849. The number of hydrogen-bond acceptors (Lipinski definition) is 3. The number of ketones is 1. The molecule has 5 heteroatoms. The maximum atomic E-state index is 11.3. The largest absolute Gasteiger partial charge is 0.303 e. The van der Waals surface area contributed by atoms with Crippen molar-refractivity contribution in [1.29, 1.82) is 0 Å². The zero-order valence-electron chi connectivity index (χ0n) is 10.9. The van der Waals surface area contributed by atoms with Crippen LogP contribution in [-0.4, -0.2) is 21.5 Å². The van der Waals surface area contributed by atoms with Crippen LogP contribution in [0.25, 0.3) is 0 Å². The Morgan fingerprint density at radius 2 is 1.95 bits per heavy atom. The lowest BCUT2D eigenvalue weighted by atomic mass is 10.2. The van der Waals surface area contributed by atoms with Crippen molar-refractivity contribution in [3.8, 4) is 0 Å². The Labute approximate surface area is 111 Å². The van der Waals surface area contributed by atoms with E-state index >= 15 is 0 Å². The van der Waals surface area contributed by atoms with E-state index in [1.165, 1.54) is 6.92 Å². The Morgan fingerprint density at radius 1 is 1.26 bits per heavy atom. The average Bonchev–Trinajstić information content (AvgIpc) is 2.71. The van der Waals surface area contributed by atoms with Crippen molar-refractivity contribution in [1.82, 2.24) is 9.78 Å². The molecule has 0 saturated heterocycles. The van der Waals surface area contributed by atoms with Crippen molar-refractivity contribution >= 4 is 17.5 Å². The van der Waals surface area contributed by atoms with Gasteiger partial charge in [-0.3, -0.25) is 14.3 Å². The highest BCUT2D eigenvalue weighted by atomic mass is 16.2. The predicted octanol–water partition coefficient (Wildman–Crippen LogP) is 1.77. The van der Waals surface area contributed by atoms with Gasteiger partial charge in [0, 0.05) is 18.7 Å². The molecule has 0 unspecified atom stereocenters. The van der Waals surface area contributed by atoms with Crippen LogP contribution in [0.5, 0.6) is 0 Å². The SMILES string of the molecule is CC(=O)C(=O)Nc1cc(C)n(Cc2ccccc2)n1. The van der Waals surface area contributed by atoms with Crippen molar-refractivity contribution in [3.05, 3.63) is 47.7 Å². The molecule has 0 atom stereocenters. The van der Waals surface area contributed by atoms with Gasteiger partial charge in [-0.25, -0.2) is 0 Å². The smallest absolute Gasteiger partial charge is 0.292 e. The van der Waals surface area contributed by atoms with Crippen LogP contribution in [-0.2, 0) is 16.1 Å². The molecule has 2 aromatic rings. The Kier molecular flexibility index (Phi) is 3.75. The van der Waals surface area contributed by atoms with Gasteiger partial charge in [-0.15, -0.1) is 0 Å². The van der Waals surface area contributed by atoms with Gasteiger partial charge in [-0.2, -0.15) is 5.10 Å². The van der Waals surface area contributed by atoms with E-state index in [0.29, 0.717) is 12.4 Å². The molecule has 2 rings (SSSR count). The van der Waals surface area contributed by atoms with Crippen LogP contribution in [0.2, 0.25) is 0 Å². The fourth-order valence-electron chi connectivity index (χ4n) is 1.69. The lowest BCUT2D eigenvalue weighted by Crippen LogP contribution is -2.20. The predicted molar refractivity (Wildman–Crippen MR) is 71.8 cm³/mol. The first kappa shape index (κ1) is 13.0. The van der Waals surface area contributed by atoms with Crippen molar-refractivity contribution < 1.29 is 9.59 Å². The summed E-state index contributed by atoms with van der Waals surface area (Å²) in [7, 11) is 0. The Hall–Kier alpha value is -2.43. The molecule has 0 aliphatic heterocycles. The number of nitrogens with zero attached hydrogens (tertiary/aromatic N) is 2. The number of rotatable bonds is 4. The van der Waals surface area contributed by atoms with E-state index in [-0.39, 0.29) is 0 Å². The van der Waals surface area contributed by atoms with Crippen molar-refractivity contribution in [2.45, 2.75) is 20.4 Å². The van der Waals surface area contributed by atoms with Gasteiger partial charge in [0.15, 0.2) is 5.82 Å². The zero-order chi connectivity index (χ0) is 13.8. The van der Waals surface area contributed by atoms with Crippen LogP contribution in [0.15, 0.2) is 36.4 Å². The number of amides is 1. The van der Waals surface area contributed by atoms with E-state index < -0.39 is 11.7 Å². The van der Waals surface area contributed by atoms with Crippen molar-refractivity contribution in [2.24, 2.45) is 0 Å². The van der Waals surface area contributed by atoms with Crippen LogP contribution >= 0.6 is 0 Å². The number of carbonyl (C=O) groups is 2. The monoisotopic (exact) mass is 257 g/mol. The highest BCUT2D eigenvalue weighted by Gasteiger charge is 2.11. The van der Waals surface area contributed by atoms with E-state index in [2.05, 4.69) is 10.4 Å². The number of benzene rings is 1. The van der Waals surface area contributed by atoms with Gasteiger partial charge in [0.25, 0.3) is 5.91 Å². The Bertz CT molecular complexity index is 602. The van der Waals surface area contributed by atoms with Crippen molar-refractivity contribution in [3.63, 3.8) is 0 Å². The zero-order valence-corrected chi connectivity index (χ0v) is 10.9. The molecular formula is C14H15N3O2. The van der Waals surface area contributed by atoms with E-state index in [1.807, 2.05) is 37.3 Å². The summed E-state index contributed by atoms with van der Waals surface area (Å²) in [6.45, 7) is 3.76. The molecule has 1 N–H and O–H groups in total. The summed E-state index contributed by atoms with van der Waals surface area (Å²) in [5.41, 5.74) is 2.04. The molecule has 0 radical (unpaired) electrons. The summed E-state index contributed by atoms with van der Waals surface area (Å²) in [6, 6.07) is 11.6. The number of Topliss-reactive ketones (excluding diaryl/α,β-unsaturated/α-hetero) is 1. The number of nitrogens with one attached hydrogen (secondary N) is 1.